The number of amides is 1. The fourth-order valence-electron chi connectivity index (χ4n) is 2.91. The van der Waals surface area contributed by atoms with Gasteiger partial charge < -0.3 is 14.5 Å². The summed E-state index contributed by atoms with van der Waals surface area (Å²) in [4.78, 5) is 24.5. The molecule has 0 unspecified atom stereocenters. The van der Waals surface area contributed by atoms with E-state index in [1.165, 1.54) is 0 Å². The number of ether oxygens (including phenoxy) is 1. The third-order valence-corrected chi connectivity index (χ3v) is 4.23. The van der Waals surface area contributed by atoms with Crippen molar-refractivity contribution in [3.8, 4) is 0 Å². The minimum atomic E-state index is -0.560. The Morgan fingerprint density at radius 1 is 1.08 bits per heavy atom. The number of anilines is 1. The Balaban J connectivity index is 2.10. The summed E-state index contributed by atoms with van der Waals surface area (Å²) in [5.41, 5.74) is 3.30. The Labute approximate surface area is 154 Å². The van der Waals surface area contributed by atoms with Crippen molar-refractivity contribution in [3.05, 3.63) is 52.5 Å². The maximum atomic E-state index is 12.4. The Kier molecular flexibility index (Phi) is 6.24. The van der Waals surface area contributed by atoms with E-state index >= 15 is 0 Å². The van der Waals surface area contributed by atoms with E-state index in [4.69, 9.17) is 9.15 Å². The molecular weight excluding hydrogens is 330 g/mol. The first kappa shape index (κ1) is 19.8. The first-order valence-electron chi connectivity index (χ1n) is 8.87. The van der Waals surface area contributed by atoms with Gasteiger partial charge in [-0.2, -0.15) is 0 Å². The molecule has 0 aliphatic carbocycles. The molecule has 2 aromatic rings. The number of rotatable bonds is 6. The van der Waals surface area contributed by atoms with Crippen LogP contribution in [0.15, 0.2) is 28.7 Å². The molecule has 1 amide bonds. The van der Waals surface area contributed by atoms with Crippen LogP contribution in [-0.2, 0) is 9.53 Å². The third-order valence-electron chi connectivity index (χ3n) is 4.23. The van der Waals surface area contributed by atoms with Gasteiger partial charge >= 0.3 is 5.97 Å². The van der Waals surface area contributed by atoms with E-state index in [9.17, 15) is 9.59 Å². The Bertz CT molecular complexity index is 776. The number of aryl methyl sites for hydroxylation is 2. The van der Waals surface area contributed by atoms with Crippen LogP contribution in [0.1, 0.15) is 72.5 Å². The standard InChI is InChI=1S/C21H27NO4/c1-12(2)16-8-7-9-17(13(3)4)20(16)22-19(23)11-25-21(24)18-10-14(5)26-15(18)6/h7-10,12-13H,11H2,1-6H3,(H,22,23). The van der Waals surface area contributed by atoms with Crippen LogP contribution in [0, 0.1) is 13.8 Å². The predicted octanol–water partition coefficient (Wildman–Crippen LogP) is 4.94. The molecule has 0 radical (unpaired) electrons. The van der Waals surface area contributed by atoms with Crippen LogP contribution in [0.3, 0.4) is 0 Å². The second-order valence-electron chi connectivity index (χ2n) is 7.07. The maximum absolute atomic E-state index is 12.4. The minimum Gasteiger partial charge on any atom is -0.466 e. The lowest BCUT2D eigenvalue weighted by molar-refractivity contribution is -0.119. The number of nitrogens with one attached hydrogen (secondary N) is 1. The van der Waals surface area contributed by atoms with Gasteiger partial charge in [0.25, 0.3) is 5.91 Å². The van der Waals surface area contributed by atoms with Crippen molar-refractivity contribution in [3.63, 3.8) is 0 Å². The van der Waals surface area contributed by atoms with E-state index < -0.39 is 5.97 Å². The summed E-state index contributed by atoms with van der Waals surface area (Å²) in [5.74, 6) is 0.736. The molecular formula is C21H27NO4. The fourth-order valence-corrected chi connectivity index (χ4v) is 2.91. The predicted molar refractivity (Wildman–Crippen MR) is 102 cm³/mol. The molecule has 0 saturated heterocycles. The molecule has 5 heteroatoms. The van der Waals surface area contributed by atoms with Crippen molar-refractivity contribution in [2.75, 3.05) is 11.9 Å². The largest absolute Gasteiger partial charge is 0.466 e. The smallest absolute Gasteiger partial charge is 0.342 e. The fraction of sp³-hybridized carbons (Fsp3) is 0.429. The number of carbonyl (C=O) groups excluding carboxylic acids is 2. The quantitative estimate of drug-likeness (QED) is 0.744. The molecule has 0 fully saturated rings. The van der Waals surface area contributed by atoms with Crippen LogP contribution in [-0.4, -0.2) is 18.5 Å². The molecule has 2 rings (SSSR count). The van der Waals surface area contributed by atoms with Gasteiger partial charge in [0.2, 0.25) is 0 Å². The SMILES string of the molecule is Cc1cc(C(=O)OCC(=O)Nc2c(C(C)C)cccc2C(C)C)c(C)o1. The average molecular weight is 357 g/mol. The van der Waals surface area contributed by atoms with E-state index in [2.05, 4.69) is 33.0 Å². The van der Waals surface area contributed by atoms with Gasteiger partial charge in [-0.3, -0.25) is 4.79 Å². The maximum Gasteiger partial charge on any atom is 0.342 e. The van der Waals surface area contributed by atoms with Crippen LogP contribution < -0.4 is 5.32 Å². The van der Waals surface area contributed by atoms with E-state index in [0.717, 1.165) is 16.8 Å². The zero-order chi connectivity index (χ0) is 19.4. The Morgan fingerprint density at radius 3 is 2.12 bits per heavy atom. The van der Waals surface area contributed by atoms with Crippen molar-refractivity contribution in [1.29, 1.82) is 0 Å². The van der Waals surface area contributed by atoms with Crippen LogP contribution in [0.4, 0.5) is 5.69 Å². The van der Waals surface area contributed by atoms with Crippen molar-refractivity contribution >= 4 is 17.6 Å². The molecule has 0 saturated carbocycles. The molecule has 1 aromatic heterocycles. The third kappa shape index (κ3) is 4.54. The summed E-state index contributed by atoms with van der Waals surface area (Å²) in [6.07, 6.45) is 0. The van der Waals surface area contributed by atoms with Gasteiger partial charge in [0.15, 0.2) is 6.61 Å². The highest BCUT2D eigenvalue weighted by Crippen LogP contribution is 2.32. The molecule has 0 aliphatic rings. The van der Waals surface area contributed by atoms with Gasteiger partial charge in [0.1, 0.15) is 17.1 Å². The number of furan rings is 1. The number of para-hydroxylation sites is 1. The van der Waals surface area contributed by atoms with Gasteiger partial charge in [-0.1, -0.05) is 45.9 Å². The van der Waals surface area contributed by atoms with Crippen LogP contribution in [0.25, 0.3) is 0 Å². The molecule has 1 aromatic carbocycles. The first-order chi connectivity index (χ1) is 12.2. The molecule has 0 spiro atoms. The van der Waals surface area contributed by atoms with Gasteiger partial charge in [0, 0.05) is 5.69 Å². The summed E-state index contributed by atoms with van der Waals surface area (Å²) < 4.78 is 10.5. The molecule has 5 nitrogen and oxygen atoms in total. The van der Waals surface area contributed by atoms with E-state index in [0.29, 0.717) is 17.1 Å². The van der Waals surface area contributed by atoms with Crippen molar-refractivity contribution in [2.24, 2.45) is 0 Å². The van der Waals surface area contributed by atoms with Crippen LogP contribution in [0.5, 0.6) is 0 Å². The minimum absolute atomic E-state index is 0.267. The van der Waals surface area contributed by atoms with Gasteiger partial charge in [-0.15, -0.1) is 0 Å². The normalized spacial score (nSPS) is 11.1. The monoisotopic (exact) mass is 357 g/mol. The Morgan fingerprint density at radius 2 is 1.65 bits per heavy atom. The first-order valence-corrected chi connectivity index (χ1v) is 8.87. The highest BCUT2D eigenvalue weighted by atomic mass is 16.5. The number of hydrogen-bond donors (Lipinski definition) is 1. The summed E-state index contributed by atoms with van der Waals surface area (Å²) in [7, 11) is 0. The number of carbonyl (C=O) groups is 2. The lowest BCUT2D eigenvalue weighted by Crippen LogP contribution is -2.22. The molecule has 1 heterocycles. The van der Waals surface area contributed by atoms with Crippen molar-refractivity contribution in [2.45, 2.75) is 53.4 Å². The van der Waals surface area contributed by atoms with Gasteiger partial charge in [-0.05, 0) is 42.9 Å². The lowest BCUT2D eigenvalue weighted by Gasteiger charge is -2.20. The summed E-state index contributed by atoms with van der Waals surface area (Å²) in [6, 6.07) is 7.64. The van der Waals surface area contributed by atoms with Crippen molar-refractivity contribution < 1.29 is 18.7 Å². The van der Waals surface area contributed by atoms with E-state index in [1.807, 2.05) is 18.2 Å². The molecule has 26 heavy (non-hydrogen) atoms. The number of benzene rings is 1. The highest BCUT2D eigenvalue weighted by molar-refractivity contribution is 5.97. The molecule has 1 N–H and O–H groups in total. The van der Waals surface area contributed by atoms with Gasteiger partial charge in [0.05, 0.1) is 0 Å². The lowest BCUT2D eigenvalue weighted by atomic mass is 9.92. The Hall–Kier alpha value is -2.56. The summed E-state index contributed by atoms with van der Waals surface area (Å²) in [6.45, 7) is 11.4. The number of esters is 1. The van der Waals surface area contributed by atoms with Crippen LogP contribution in [0.2, 0.25) is 0 Å². The van der Waals surface area contributed by atoms with Crippen molar-refractivity contribution in [1.82, 2.24) is 0 Å². The zero-order valence-corrected chi connectivity index (χ0v) is 16.3. The summed E-state index contributed by atoms with van der Waals surface area (Å²) >= 11 is 0. The highest BCUT2D eigenvalue weighted by Gasteiger charge is 2.19. The van der Waals surface area contributed by atoms with Gasteiger partial charge in [-0.25, -0.2) is 4.79 Å². The van der Waals surface area contributed by atoms with E-state index in [-0.39, 0.29) is 24.3 Å². The molecule has 0 bridgehead atoms. The molecule has 0 aliphatic heterocycles. The zero-order valence-electron chi connectivity index (χ0n) is 16.3. The van der Waals surface area contributed by atoms with Crippen LogP contribution >= 0.6 is 0 Å². The molecule has 140 valence electrons. The second kappa shape index (κ2) is 8.21. The average Bonchev–Trinajstić information content (AvgIpc) is 2.90. The topological polar surface area (TPSA) is 68.5 Å². The van der Waals surface area contributed by atoms with E-state index in [1.54, 1.807) is 19.9 Å². The second-order valence-corrected chi connectivity index (χ2v) is 7.07. The summed E-state index contributed by atoms with van der Waals surface area (Å²) in [5, 5.41) is 2.93. The molecule has 0 atom stereocenters. The number of hydrogen-bond acceptors (Lipinski definition) is 4.